The summed E-state index contributed by atoms with van der Waals surface area (Å²) in [5, 5.41) is 3.47. The molecule has 0 aromatic heterocycles. The highest BCUT2D eigenvalue weighted by Gasteiger charge is 2.14. The van der Waals surface area contributed by atoms with E-state index in [0.29, 0.717) is 12.1 Å². The second kappa shape index (κ2) is 8.34. The standard InChI is InChI=1S/C17H30N2/c1-6-12-19(14(2)3)13-11-17(18-5)16-10-8-7-9-15(16)4/h7-10,14,17-18H,6,11-13H2,1-5H3. The molecule has 1 rings (SSSR count). The van der Waals surface area contributed by atoms with Crippen LogP contribution in [-0.2, 0) is 0 Å². The number of benzene rings is 1. The molecule has 0 amide bonds. The van der Waals surface area contributed by atoms with Gasteiger partial charge in [0.05, 0.1) is 0 Å². The monoisotopic (exact) mass is 262 g/mol. The number of rotatable bonds is 8. The van der Waals surface area contributed by atoms with E-state index in [-0.39, 0.29) is 0 Å². The number of nitrogens with one attached hydrogen (secondary N) is 1. The Kier molecular flexibility index (Phi) is 7.11. The maximum Gasteiger partial charge on any atom is 0.0332 e. The summed E-state index contributed by atoms with van der Waals surface area (Å²) in [5.41, 5.74) is 2.82. The summed E-state index contributed by atoms with van der Waals surface area (Å²) in [4.78, 5) is 2.57. The van der Waals surface area contributed by atoms with Crippen LogP contribution in [0.4, 0.5) is 0 Å². The Bertz CT molecular complexity index is 360. The van der Waals surface area contributed by atoms with Gasteiger partial charge < -0.3 is 10.2 Å². The van der Waals surface area contributed by atoms with Crippen LogP contribution < -0.4 is 5.32 Å². The van der Waals surface area contributed by atoms with Gasteiger partial charge in [0.15, 0.2) is 0 Å². The Balaban J connectivity index is 2.65. The number of hydrogen-bond acceptors (Lipinski definition) is 2. The van der Waals surface area contributed by atoms with Gasteiger partial charge in [-0.15, -0.1) is 0 Å². The molecule has 0 bridgehead atoms. The van der Waals surface area contributed by atoms with Crippen molar-refractivity contribution < 1.29 is 0 Å². The SMILES string of the molecule is CCCN(CCC(NC)c1ccccc1C)C(C)C. The summed E-state index contributed by atoms with van der Waals surface area (Å²) >= 11 is 0. The summed E-state index contributed by atoms with van der Waals surface area (Å²) in [6, 6.07) is 9.79. The van der Waals surface area contributed by atoms with E-state index in [0.717, 1.165) is 6.54 Å². The minimum Gasteiger partial charge on any atom is -0.313 e. The lowest BCUT2D eigenvalue weighted by Crippen LogP contribution is -2.34. The van der Waals surface area contributed by atoms with E-state index in [1.807, 2.05) is 0 Å². The molecule has 0 saturated carbocycles. The molecule has 0 aliphatic heterocycles. The van der Waals surface area contributed by atoms with E-state index in [9.17, 15) is 0 Å². The molecule has 1 aromatic rings. The Morgan fingerprint density at radius 2 is 1.84 bits per heavy atom. The van der Waals surface area contributed by atoms with Crippen LogP contribution in [-0.4, -0.2) is 31.1 Å². The molecule has 19 heavy (non-hydrogen) atoms. The van der Waals surface area contributed by atoms with Crippen LogP contribution in [0.1, 0.15) is 50.8 Å². The first-order chi connectivity index (χ1) is 9.10. The van der Waals surface area contributed by atoms with Crippen LogP contribution in [0.2, 0.25) is 0 Å². The van der Waals surface area contributed by atoms with Crippen molar-refractivity contribution in [3.63, 3.8) is 0 Å². The average molecular weight is 262 g/mol. The van der Waals surface area contributed by atoms with Gasteiger partial charge in [-0.3, -0.25) is 0 Å². The van der Waals surface area contributed by atoms with E-state index in [2.05, 4.69) is 69.2 Å². The van der Waals surface area contributed by atoms with Crippen LogP contribution in [0, 0.1) is 6.92 Å². The third-order valence-corrected chi connectivity index (χ3v) is 3.86. The van der Waals surface area contributed by atoms with Crippen molar-refractivity contribution in [1.82, 2.24) is 10.2 Å². The second-order valence-electron chi connectivity index (χ2n) is 5.62. The Morgan fingerprint density at radius 1 is 1.16 bits per heavy atom. The first kappa shape index (κ1) is 16.2. The van der Waals surface area contributed by atoms with Gasteiger partial charge in [0.25, 0.3) is 0 Å². The molecule has 0 saturated heterocycles. The van der Waals surface area contributed by atoms with E-state index < -0.39 is 0 Å². The predicted octanol–water partition coefficient (Wildman–Crippen LogP) is 3.77. The lowest BCUT2D eigenvalue weighted by Gasteiger charge is -2.28. The molecule has 0 radical (unpaired) electrons. The molecule has 0 heterocycles. The van der Waals surface area contributed by atoms with Crippen molar-refractivity contribution in [2.75, 3.05) is 20.1 Å². The second-order valence-corrected chi connectivity index (χ2v) is 5.62. The normalized spacial score (nSPS) is 13.2. The van der Waals surface area contributed by atoms with Gasteiger partial charge in [0.1, 0.15) is 0 Å². The average Bonchev–Trinajstić information content (AvgIpc) is 2.39. The fraction of sp³-hybridized carbons (Fsp3) is 0.647. The van der Waals surface area contributed by atoms with Gasteiger partial charge in [-0.1, -0.05) is 31.2 Å². The predicted molar refractivity (Wildman–Crippen MR) is 84.6 cm³/mol. The molecule has 2 heteroatoms. The van der Waals surface area contributed by atoms with Crippen molar-refractivity contribution in [2.45, 2.75) is 52.6 Å². The Morgan fingerprint density at radius 3 is 2.37 bits per heavy atom. The van der Waals surface area contributed by atoms with Crippen LogP contribution in [0.5, 0.6) is 0 Å². The lowest BCUT2D eigenvalue weighted by molar-refractivity contribution is 0.211. The van der Waals surface area contributed by atoms with Gasteiger partial charge in [0.2, 0.25) is 0 Å². The number of nitrogens with zero attached hydrogens (tertiary/aromatic N) is 1. The quantitative estimate of drug-likeness (QED) is 0.767. The van der Waals surface area contributed by atoms with E-state index in [1.54, 1.807) is 0 Å². The third kappa shape index (κ3) is 4.96. The van der Waals surface area contributed by atoms with Gasteiger partial charge >= 0.3 is 0 Å². The molecular weight excluding hydrogens is 232 g/mol. The largest absolute Gasteiger partial charge is 0.313 e. The molecule has 1 N–H and O–H groups in total. The summed E-state index contributed by atoms with van der Waals surface area (Å²) in [5.74, 6) is 0. The Hall–Kier alpha value is -0.860. The van der Waals surface area contributed by atoms with Gasteiger partial charge in [0, 0.05) is 18.6 Å². The van der Waals surface area contributed by atoms with Crippen LogP contribution in [0.25, 0.3) is 0 Å². The van der Waals surface area contributed by atoms with Crippen molar-refractivity contribution in [3.8, 4) is 0 Å². The van der Waals surface area contributed by atoms with Crippen LogP contribution in [0.15, 0.2) is 24.3 Å². The van der Waals surface area contributed by atoms with Crippen molar-refractivity contribution in [3.05, 3.63) is 35.4 Å². The van der Waals surface area contributed by atoms with E-state index in [4.69, 9.17) is 0 Å². The molecule has 2 nitrogen and oxygen atoms in total. The highest BCUT2D eigenvalue weighted by Crippen LogP contribution is 2.20. The van der Waals surface area contributed by atoms with Gasteiger partial charge in [-0.2, -0.15) is 0 Å². The summed E-state index contributed by atoms with van der Waals surface area (Å²) in [7, 11) is 2.07. The van der Waals surface area contributed by atoms with Crippen LogP contribution >= 0.6 is 0 Å². The zero-order valence-corrected chi connectivity index (χ0v) is 13.2. The molecule has 1 atom stereocenters. The summed E-state index contributed by atoms with van der Waals surface area (Å²) in [6.07, 6.45) is 2.40. The topological polar surface area (TPSA) is 15.3 Å². The third-order valence-electron chi connectivity index (χ3n) is 3.86. The first-order valence-corrected chi connectivity index (χ1v) is 7.57. The fourth-order valence-electron chi connectivity index (χ4n) is 2.64. The van der Waals surface area contributed by atoms with E-state index >= 15 is 0 Å². The van der Waals surface area contributed by atoms with Gasteiger partial charge in [-0.25, -0.2) is 0 Å². The number of aryl methyl sites for hydroxylation is 1. The van der Waals surface area contributed by atoms with Crippen molar-refractivity contribution in [2.24, 2.45) is 0 Å². The highest BCUT2D eigenvalue weighted by molar-refractivity contribution is 5.28. The van der Waals surface area contributed by atoms with Crippen molar-refractivity contribution in [1.29, 1.82) is 0 Å². The maximum absolute atomic E-state index is 3.47. The molecule has 0 fully saturated rings. The van der Waals surface area contributed by atoms with E-state index in [1.165, 1.54) is 30.5 Å². The minimum absolute atomic E-state index is 0.458. The zero-order valence-electron chi connectivity index (χ0n) is 13.2. The summed E-state index contributed by atoms with van der Waals surface area (Å²) in [6.45, 7) is 11.4. The fourth-order valence-corrected chi connectivity index (χ4v) is 2.64. The molecular formula is C17H30N2. The van der Waals surface area contributed by atoms with Crippen LogP contribution in [0.3, 0.4) is 0 Å². The van der Waals surface area contributed by atoms with Gasteiger partial charge in [-0.05, 0) is 58.3 Å². The number of hydrogen-bond donors (Lipinski definition) is 1. The first-order valence-electron chi connectivity index (χ1n) is 7.57. The molecule has 0 aliphatic carbocycles. The minimum atomic E-state index is 0.458. The maximum atomic E-state index is 3.47. The smallest absolute Gasteiger partial charge is 0.0332 e. The molecule has 0 spiro atoms. The highest BCUT2D eigenvalue weighted by atomic mass is 15.1. The molecule has 108 valence electrons. The van der Waals surface area contributed by atoms with Crippen molar-refractivity contribution >= 4 is 0 Å². The summed E-state index contributed by atoms with van der Waals surface area (Å²) < 4.78 is 0. The Labute approximate surface area is 119 Å². The molecule has 1 aromatic carbocycles. The molecule has 0 aliphatic rings. The molecule has 1 unspecified atom stereocenters. The zero-order chi connectivity index (χ0) is 14.3. The lowest BCUT2D eigenvalue weighted by atomic mass is 9.98.